The molecule has 1 aliphatic heterocycles. The van der Waals surface area contributed by atoms with Gasteiger partial charge in [-0.2, -0.15) is 0 Å². The monoisotopic (exact) mass is 407 g/mol. The maximum atomic E-state index is 15.7. The second kappa shape index (κ2) is 7.29. The first-order valence-corrected chi connectivity index (χ1v) is 9.76. The fourth-order valence-corrected chi connectivity index (χ4v) is 4.02. The number of rotatable bonds is 4. The van der Waals surface area contributed by atoms with Crippen molar-refractivity contribution in [3.63, 3.8) is 0 Å². The predicted octanol–water partition coefficient (Wildman–Crippen LogP) is 2.99. The van der Waals surface area contributed by atoms with Crippen LogP contribution in [0.4, 0.5) is 19.3 Å². The number of piperazine rings is 1. The van der Waals surface area contributed by atoms with E-state index in [-0.39, 0.29) is 34.6 Å². The van der Waals surface area contributed by atoms with Gasteiger partial charge in [-0.25, -0.2) is 13.6 Å². The summed E-state index contributed by atoms with van der Waals surface area (Å²) in [6.07, 6.45) is 1.31. The number of halogens is 2. The second-order valence-corrected chi connectivity index (χ2v) is 7.65. The molecule has 156 valence electrons. The van der Waals surface area contributed by atoms with Gasteiger partial charge in [0, 0.05) is 37.8 Å². The molecule has 1 N–H and O–H groups in total. The Hall–Kier alpha value is -2.68. The molecule has 0 radical (unpaired) electrons. The Morgan fingerprint density at radius 3 is 2.41 bits per heavy atom. The lowest BCUT2D eigenvalue weighted by atomic mass is 10.0. The van der Waals surface area contributed by atoms with Crippen LogP contribution in [0.2, 0.25) is 0 Å². The van der Waals surface area contributed by atoms with Gasteiger partial charge in [-0.3, -0.25) is 4.79 Å². The normalized spacial score (nSPS) is 17.7. The summed E-state index contributed by atoms with van der Waals surface area (Å²) in [6, 6.07) is -0.0701. The van der Waals surface area contributed by atoms with Gasteiger partial charge in [0.1, 0.15) is 5.69 Å². The molecule has 7 nitrogen and oxygen atoms in total. The quantitative estimate of drug-likeness (QED) is 0.786. The number of pyridine rings is 1. The van der Waals surface area contributed by atoms with E-state index in [1.54, 1.807) is 16.4 Å². The summed E-state index contributed by atoms with van der Waals surface area (Å²) in [5.74, 6) is -1.96. The van der Waals surface area contributed by atoms with E-state index < -0.39 is 29.0 Å². The maximum absolute atomic E-state index is 15.7. The summed E-state index contributed by atoms with van der Waals surface area (Å²) in [4.78, 5) is 27.7. The number of aryl methyl sites for hydroxylation is 1. The van der Waals surface area contributed by atoms with Crippen molar-refractivity contribution in [3.05, 3.63) is 33.6 Å². The minimum atomic E-state index is -1.64. The molecular weight excluding hydrogens is 384 g/mol. The molecule has 4 rings (SSSR count). The Morgan fingerprint density at radius 1 is 1.21 bits per heavy atom. The Labute approximate surface area is 166 Å². The van der Waals surface area contributed by atoms with E-state index in [2.05, 4.69) is 9.64 Å². The minimum Gasteiger partial charge on any atom is -0.449 e. The summed E-state index contributed by atoms with van der Waals surface area (Å²) in [6.45, 7) is 4.01. The minimum absolute atomic E-state index is 0.0300. The predicted molar refractivity (Wildman–Crippen MR) is 104 cm³/mol. The van der Waals surface area contributed by atoms with Crippen molar-refractivity contribution >= 4 is 22.7 Å². The Balaban J connectivity index is 2.02. The molecule has 1 aliphatic carbocycles. The van der Waals surface area contributed by atoms with Crippen molar-refractivity contribution < 1.29 is 23.4 Å². The first-order valence-electron chi connectivity index (χ1n) is 9.76. The van der Waals surface area contributed by atoms with E-state index in [4.69, 9.17) is 5.11 Å². The van der Waals surface area contributed by atoms with Gasteiger partial charge in [0.15, 0.2) is 17.4 Å². The third-order valence-electron chi connectivity index (χ3n) is 5.70. The van der Waals surface area contributed by atoms with Crippen molar-refractivity contribution in [2.45, 2.75) is 32.2 Å². The van der Waals surface area contributed by atoms with Crippen LogP contribution in [-0.2, 0) is 6.42 Å². The smallest absolute Gasteiger partial charge is 0.449 e. The van der Waals surface area contributed by atoms with Crippen LogP contribution in [0.5, 0.6) is 5.75 Å². The molecule has 1 saturated heterocycles. The van der Waals surface area contributed by atoms with Gasteiger partial charge < -0.3 is 24.2 Å². The highest BCUT2D eigenvalue weighted by atomic mass is 19.1. The van der Waals surface area contributed by atoms with Crippen molar-refractivity contribution in [2.24, 2.45) is 0 Å². The van der Waals surface area contributed by atoms with Crippen LogP contribution in [0, 0.1) is 11.6 Å². The lowest BCUT2D eigenvalue weighted by molar-refractivity contribution is 0.143. The van der Waals surface area contributed by atoms with E-state index in [0.29, 0.717) is 26.2 Å². The van der Waals surface area contributed by atoms with E-state index in [0.717, 1.165) is 12.8 Å². The van der Waals surface area contributed by atoms with Crippen LogP contribution in [0.1, 0.15) is 31.4 Å². The van der Waals surface area contributed by atoms with Gasteiger partial charge in [0.05, 0.1) is 17.1 Å². The standard InChI is InChI=1S/C20H23F2N3O4/c1-3-12-14-17(16(22)18(15(12)21)24-8-6-23(2)7-9-24)25(11-4-5-11)10-13(19(14)26)29-20(27)28/h10-11H,3-9H2,1-2H3,(H,27,28). The molecule has 9 heteroatoms. The van der Waals surface area contributed by atoms with Crippen molar-refractivity contribution in [1.29, 1.82) is 0 Å². The number of carbonyl (C=O) groups is 1. The van der Waals surface area contributed by atoms with E-state index in [1.807, 2.05) is 7.05 Å². The van der Waals surface area contributed by atoms with Crippen LogP contribution in [0.3, 0.4) is 0 Å². The Bertz CT molecular complexity index is 1040. The number of anilines is 1. The summed E-state index contributed by atoms with van der Waals surface area (Å²) >= 11 is 0. The number of nitrogens with zero attached hydrogens (tertiary/aromatic N) is 3. The Morgan fingerprint density at radius 2 is 1.86 bits per heavy atom. The maximum Gasteiger partial charge on any atom is 0.511 e. The first kappa shape index (κ1) is 19.6. The van der Waals surface area contributed by atoms with Crippen LogP contribution < -0.4 is 15.1 Å². The molecule has 1 aromatic carbocycles. The fraction of sp³-hybridized carbons (Fsp3) is 0.500. The van der Waals surface area contributed by atoms with Crippen LogP contribution in [0.25, 0.3) is 10.9 Å². The van der Waals surface area contributed by atoms with E-state index in [9.17, 15) is 9.59 Å². The number of carboxylic acid groups (broad SMARTS) is 1. The topological polar surface area (TPSA) is 75.0 Å². The van der Waals surface area contributed by atoms with Gasteiger partial charge in [-0.1, -0.05) is 6.92 Å². The number of hydrogen-bond acceptors (Lipinski definition) is 5. The number of likely N-dealkylation sites (N-methyl/N-ethyl adjacent to an activating group) is 1. The molecule has 0 spiro atoms. The van der Waals surface area contributed by atoms with Gasteiger partial charge >= 0.3 is 6.16 Å². The lowest BCUT2D eigenvalue weighted by Crippen LogP contribution is -2.45. The van der Waals surface area contributed by atoms with Gasteiger partial charge in [-0.05, 0) is 26.3 Å². The molecule has 29 heavy (non-hydrogen) atoms. The molecule has 1 aromatic heterocycles. The molecule has 2 aliphatic rings. The Kier molecular flexibility index (Phi) is 4.94. The SMILES string of the molecule is CCc1c(F)c(N2CCN(C)CC2)c(F)c2c1c(=O)c(OC(=O)O)cn2C1CC1. The number of aromatic nitrogens is 1. The number of benzene rings is 1. The molecule has 0 atom stereocenters. The summed E-state index contributed by atoms with van der Waals surface area (Å²) in [5.41, 5.74) is -0.796. The van der Waals surface area contributed by atoms with Crippen molar-refractivity contribution in [3.8, 4) is 5.75 Å². The average Bonchev–Trinajstić information content (AvgIpc) is 3.50. The molecule has 2 fully saturated rings. The van der Waals surface area contributed by atoms with Gasteiger partial charge in [0.2, 0.25) is 5.43 Å². The third kappa shape index (κ3) is 3.33. The van der Waals surface area contributed by atoms with Crippen molar-refractivity contribution in [2.75, 3.05) is 38.1 Å². The average molecular weight is 407 g/mol. The highest BCUT2D eigenvalue weighted by Gasteiger charge is 2.33. The summed E-state index contributed by atoms with van der Waals surface area (Å²) in [7, 11) is 1.96. The molecule has 0 bridgehead atoms. The highest BCUT2D eigenvalue weighted by molar-refractivity contribution is 5.89. The largest absolute Gasteiger partial charge is 0.511 e. The number of fused-ring (bicyclic) bond motifs is 1. The van der Waals surface area contributed by atoms with Crippen LogP contribution in [-0.4, -0.2) is 54.0 Å². The lowest BCUT2D eigenvalue weighted by Gasteiger charge is -2.35. The molecular formula is C20H23F2N3O4. The molecule has 0 amide bonds. The highest BCUT2D eigenvalue weighted by Crippen LogP contribution is 2.41. The van der Waals surface area contributed by atoms with Crippen LogP contribution in [0.15, 0.2) is 11.0 Å². The van der Waals surface area contributed by atoms with E-state index in [1.165, 1.54) is 6.20 Å². The third-order valence-corrected chi connectivity index (χ3v) is 5.70. The number of hydrogen-bond donors (Lipinski definition) is 1. The second-order valence-electron chi connectivity index (χ2n) is 7.65. The molecule has 0 unspecified atom stereocenters. The van der Waals surface area contributed by atoms with Crippen molar-refractivity contribution in [1.82, 2.24) is 9.47 Å². The van der Waals surface area contributed by atoms with Crippen LogP contribution >= 0.6 is 0 Å². The zero-order valence-corrected chi connectivity index (χ0v) is 16.4. The van der Waals surface area contributed by atoms with Gasteiger partial charge in [-0.15, -0.1) is 0 Å². The molecule has 2 aromatic rings. The zero-order valence-electron chi connectivity index (χ0n) is 16.4. The first-order chi connectivity index (χ1) is 13.8. The summed E-state index contributed by atoms with van der Waals surface area (Å²) in [5, 5.41) is 8.82. The van der Waals surface area contributed by atoms with Gasteiger partial charge in [0.25, 0.3) is 0 Å². The molecule has 2 heterocycles. The molecule has 1 saturated carbocycles. The summed E-state index contributed by atoms with van der Waals surface area (Å²) < 4.78 is 37.4. The zero-order chi connectivity index (χ0) is 20.9. The fourth-order valence-electron chi connectivity index (χ4n) is 4.02. The van der Waals surface area contributed by atoms with E-state index >= 15 is 8.78 Å². The number of ether oxygens (including phenoxy) is 1.